The average molecular weight is 431 g/mol. The van der Waals surface area contributed by atoms with Crippen LogP contribution in [0.25, 0.3) is 0 Å². The lowest BCUT2D eigenvalue weighted by atomic mass is 9.97. The maximum Gasteiger partial charge on any atom is 0.325 e. The Labute approximate surface area is 172 Å². The summed E-state index contributed by atoms with van der Waals surface area (Å²) in [5.41, 5.74) is 10.6. The Bertz CT molecular complexity index is 683. The molecule has 5 atom stereocenters. The summed E-state index contributed by atoms with van der Waals surface area (Å²) in [4.78, 5) is 70.0. The van der Waals surface area contributed by atoms with Gasteiger partial charge in [-0.25, -0.2) is 0 Å². The van der Waals surface area contributed by atoms with Gasteiger partial charge in [0.25, 0.3) is 0 Å². The van der Waals surface area contributed by atoms with Crippen molar-refractivity contribution in [2.45, 2.75) is 64.2 Å². The van der Waals surface area contributed by atoms with Crippen LogP contribution in [-0.4, -0.2) is 69.9 Å². The fourth-order valence-electron chi connectivity index (χ4n) is 2.29. The molecule has 0 aliphatic rings. The number of carbonyl (C=O) groups excluding carboxylic acids is 4. The zero-order valence-corrected chi connectivity index (χ0v) is 17.0. The highest BCUT2D eigenvalue weighted by Crippen LogP contribution is 2.10. The molecular formula is C17H29N5O8. The topological polar surface area (TPSA) is 231 Å². The summed E-state index contributed by atoms with van der Waals surface area (Å²) in [7, 11) is 0. The number of rotatable bonds is 13. The molecule has 13 heteroatoms. The molecule has 0 heterocycles. The first-order valence-corrected chi connectivity index (χ1v) is 9.19. The number of carboxylic acid groups (broad SMARTS) is 2. The maximum absolute atomic E-state index is 12.7. The van der Waals surface area contributed by atoms with Crippen LogP contribution in [0.3, 0.4) is 0 Å². The van der Waals surface area contributed by atoms with Gasteiger partial charge in [-0.15, -0.1) is 0 Å². The van der Waals surface area contributed by atoms with E-state index in [0.717, 1.165) is 0 Å². The average Bonchev–Trinajstić information content (AvgIpc) is 2.63. The number of carbonyl (C=O) groups is 6. The minimum atomic E-state index is -1.48. The first-order valence-electron chi connectivity index (χ1n) is 9.19. The number of carboxylic acids is 2. The largest absolute Gasteiger partial charge is 0.481 e. The van der Waals surface area contributed by atoms with E-state index in [2.05, 4.69) is 16.0 Å². The van der Waals surface area contributed by atoms with Gasteiger partial charge in [0.2, 0.25) is 23.6 Å². The fourth-order valence-corrected chi connectivity index (χ4v) is 2.29. The Morgan fingerprint density at radius 3 is 1.87 bits per heavy atom. The van der Waals surface area contributed by atoms with Gasteiger partial charge in [-0.05, 0) is 12.8 Å². The summed E-state index contributed by atoms with van der Waals surface area (Å²) in [5.74, 6) is -6.67. The smallest absolute Gasteiger partial charge is 0.325 e. The number of amides is 4. The molecule has 0 saturated heterocycles. The van der Waals surface area contributed by atoms with Crippen molar-refractivity contribution in [3.63, 3.8) is 0 Å². The summed E-state index contributed by atoms with van der Waals surface area (Å²) in [6.45, 7) is 4.55. The van der Waals surface area contributed by atoms with Gasteiger partial charge in [0.1, 0.15) is 18.1 Å². The summed E-state index contributed by atoms with van der Waals surface area (Å²) in [6, 6.07) is -5.36. The highest BCUT2D eigenvalue weighted by Gasteiger charge is 2.32. The molecule has 170 valence electrons. The number of nitrogens with two attached hydrogens (primary N) is 2. The number of primary amides is 1. The van der Waals surface area contributed by atoms with E-state index in [1.54, 1.807) is 13.8 Å². The molecule has 0 saturated carbocycles. The number of nitrogens with one attached hydrogen (secondary N) is 3. The predicted molar refractivity (Wildman–Crippen MR) is 103 cm³/mol. The van der Waals surface area contributed by atoms with Gasteiger partial charge in [-0.1, -0.05) is 20.3 Å². The number of hydrogen-bond acceptors (Lipinski definition) is 7. The standard InChI is InChI=1S/C17H29N5O8/c1-4-7(2)13(22-14(26)9(18)5-12(24)25)16(28)21-10(6-11(19)23)15(27)20-8(3)17(29)30/h7-10,13H,4-6,18H2,1-3H3,(H2,19,23)(H,20,27)(H,21,28)(H,22,26)(H,24,25)(H,29,30). The first kappa shape index (κ1) is 26.8. The van der Waals surface area contributed by atoms with Crippen molar-refractivity contribution >= 4 is 35.6 Å². The van der Waals surface area contributed by atoms with Gasteiger partial charge in [0, 0.05) is 0 Å². The second-order valence-electron chi connectivity index (χ2n) is 6.88. The molecule has 4 amide bonds. The molecule has 0 spiro atoms. The van der Waals surface area contributed by atoms with Gasteiger partial charge in [0.15, 0.2) is 0 Å². The third kappa shape index (κ3) is 9.32. The third-order valence-corrected chi connectivity index (χ3v) is 4.29. The predicted octanol–water partition coefficient (Wildman–Crippen LogP) is -2.73. The molecule has 0 aromatic heterocycles. The molecule has 30 heavy (non-hydrogen) atoms. The second kappa shape index (κ2) is 12.4. The van der Waals surface area contributed by atoms with Crippen LogP contribution in [-0.2, 0) is 28.8 Å². The Balaban J connectivity index is 5.44. The molecule has 5 unspecified atom stereocenters. The van der Waals surface area contributed by atoms with Gasteiger partial charge in [0.05, 0.1) is 18.9 Å². The van der Waals surface area contributed by atoms with Crippen LogP contribution in [0.1, 0.15) is 40.0 Å². The van der Waals surface area contributed by atoms with Gasteiger partial charge < -0.3 is 37.6 Å². The maximum atomic E-state index is 12.7. The van der Waals surface area contributed by atoms with E-state index in [9.17, 15) is 28.8 Å². The molecule has 0 aliphatic carbocycles. The Morgan fingerprint density at radius 2 is 1.43 bits per heavy atom. The summed E-state index contributed by atoms with van der Waals surface area (Å²) in [6.07, 6.45) is -0.834. The zero-order valence-electron chi connectivity index (χ0n) is 17.0. The fraction of sp³-hybridized carbons (Fsp3) is 0.647. The molecule has 0 aromatic rings. The van der Waals surface area contributed by atoms with E-state index in [0.29, 0.717) is 6.42 Å². The van der Waals surface area contributed by atoms with E-state index in [-0.39, 0.29) is 0 Å². The molecule has 9 N–H and O–H groups in total. The highest BCUT2D eigenvalue weighted by atomic mass is 16.4. The second-order valence-corrected chi connectivity index (χ2v) is 6.88. The van der Waals surface area contributed by atoms with E-state index in [1.165, 1.54) is 6.92 Å². The lowest BCUT2D eigenvalue weighted by Gasteiger charge is -2.27. The lowest BCUT2D eigenvalue weighted by Crippen LogP contribution is -2.59. The zero-order chi connectivity index (χ0) is 23.6. The van der Waals surface area contributed by atoms with Crippen LogP contribution in [0.5, 0.6) is 0 Å². The minimum Gasteiger partial charge on any atom is -0.481 e. The molecule has 0 radical (unpaired) electrons. The van der Waals surface area contributed by atoms with Crippen molar-refractivity contribution in [3.05, 3.63) is 0 Å². The summed E-state index contributed by atoms with van der Waals surface area (Å²) < 4.78 is 0. The van der Waals surface area contributed by atoms with Gasteiger partial charge in [-0.3, -0.25) is 28.8 Å². The number of hydrogen-bond donors (Lipinski definition) is 7. The highest BCUT2D eigenvalue weighted by molar-refractivity contribution is 5.96. The Kier molecular flexibility index (Phi) is 11.0. The SMILES string of the molecule is CCC(C)C(NC(=O)C(N)CC(=O)O)C(=O)NC(CC(N)=O)C(=O)NC(C)C(=O)O. The van der Waals surface area contributed by atoms with Crippen LogP contribution < -0.4 is 27.4 Å². The molecule has 0 aromatic carbocycles. The Hall–Kier alpha value is -3.22. The summed E-state index contributed by atoms with van der Waals surface area (Å²) in [5, 5.41) is 24.4. The van der Waals surface area contributed by atoms with Crippen molar-refractivity contribution in [2.75, 3.05) is 0 Å². The van der Waals surface area contributed by atoms with Crippen molar-refractivity contribution in [1.29, 1.82) is 0 Å². The van der Waals surface area contributed by atoms with Gasteiger partial charge >= 0.3 is 11.9 Å². The molecule has 0 rings (SSSR count). The lowest BCUT2D eigenvalue weighted by molar-refractivity contribution is -0.142. The van der Waals surface area contributed by atoms with Crippen molar-refractivity contribution in [3.8, 4) is 0 Å². The van der Waals surface area contributed by atoms with Gasteiger partial charge in [-0.2, -0.15) is 0 Å². The molecule has 13 nitrogen and oxygen atoms in total. The van der Waals surface area contributed by atoms with E-state index < -0.39 is 78.5 Å². The molecule has 0 aliphatic heterocycles. The first-order chi connectivity index (χ1) is 13.8. The van der Waals surface area contributed by atoms with Crippen LogP contribution in [0.2, 0.25) is 0 Å². The van der Waals surface area contributed by atoms with E-state index in [4.69, 9.17) is 21.7 Å². The van der Waals surface area contributed by atoms with E-state index >= 15 is 0 Å². The number of aliphatic carboxylic acids is 2. The Morgan fingerprint density at radius 1 is 0.867 bits per heavy atom. The van der Waals surface area contributed by atoms with Crippen LogP contribution in [0, 0.1) is 5.92 Å². The monoisotopic (exact) mass is 431 g/mol. The molecule has 0 bridgehead atoms. The normalized spacial score (nSPS) is 15.6. The van der Waals surface area contributed by atoms with E-state index in [1.807, 2.05) is 0 Å². The van der Waals surface area contributed by atoms with Crippen LogP contribution in [0.4, 0.5) is 0 Å². The molecule has 0 fully saturated rings. The minimum absolute atomic E-state index is 0.426. The quantitative estimate of drug-likeness (QED) is 0.160. The molecular weight excluding hydrogens is 402 g/mol. The summed E-state index contributed by atoms with van der Waals surface area (Å²) >= 11 is 0. The third-order valence-electron chi connectivity index (χ3n) is 4.29. The van der Waals surface area contributed by atoms with Crippen molar-refractivity contribution in [2.24, 2.45) is 17.4 Å². The van der Waals surface area contributed by atoms with Crippen molar-refractivity contribution in [1.82, 2.24) is 16.0 Å². The van der Waals surface area contributed by atoms with Crippen LogP contribution in [0.15, 0.2) is 0 Å². The van der Waals surface area contributed by atoms with Crippen molar-refractivity contribution < 1.29 is 39.0 Å². The van der Waals surface area contributed by atoms with Crippen LogP contribution >= 0.6 is 0 Å².